The lowest BCUT2D eigenvalue weighted by Crippen LogP contribution is -2.38. The van der Waals surface area contributed by atoms with Crippen molar-refractivity contribution >= 4 is 52.9 Å². The number of ether oxygens (including phenoxy) is 2. The molecule has 0 aliphatic carbocycles. The number of thiophene rings is 1. The quantitative estimate of drug-likeness (QED) is 0.484. The Morgan fingerprint density at radius 3 is 2.87 bits per heavy atom. The summed E-state index contributed by atoms with van der Waals surface area (Å²) in [5.74, 6) is 1.29. The summed E-state index contributed by atoms with van der Waals surface area (Å²) in [6.07, 6.45) is 3.74. The molecule has 0 saturated heterocycles. The van der Waals surface area contributed by atoms with E-state index < -0.39 is 17.2 Å². The number of aromatic amines is 1. The third-order valence-electron chi connectivity index (χ3n) is 4.12. The fourth-order valence-corrected chi connectivity index (χ4v) is 3.99. The molecule has 1 atom stereocenters. The van der Waals surface area contributed by atoms with E-state index in [0.717, 1.165) is 16.6 Å². The molecule has 3 amide bonds. The van der Waals surface area contributed by atoms with Crippen molar-refractivity contribution in [1.82, 2.24) is 20.5 Å². The zero-order valence-electron chi connectivity index (χ0n) is 16.5. The number of nitrogens with one attached hydrogen (secondary N) is 3. The molecule has 3 heterocycles. The molecule has 1 unspecified atom stereocenters. The molecule has 0 fully saturated rings. The number of anilines is 1. The number of thioether (sulfide) groups is 1. The lowest BCUT2D eigenvalue weighted by molar-refractivity contribution is -0.119. The van der Waals surface area contributed by atoms with Crippen molar-refractivity contribution in [3.8, 4) is 11.5 Å². The maximum Gasteiger partial charge on any atom is 0.325 e. The predicted octanol–water partition coefficient (Wildman–Crippen LogP) is 3.64. The Morgan fingerprint density at radius 1 is 1.23 bits per heavy atom. The Hall–Kier alpha value is -3.31. The number of carbonyl (C=O) groups is 2. The monoisotopic (exact) mass is 457 g/mol. The van der Waals surface area contributed by atoms with Crippen LogP contribution in [0.1, 0.15) is 17.6 Å². The number of fused-ring (bicyclic) bond motifs is 1. The van der Waals surface area contributed by atoms with Gasteiger partial charge in [-0.1, -0.05) is 17.8 Å². The first-order valence-electron chi connectivity index (χ1n) is 9.39. The van der Waals surface area contributed by atoms with Crippen LogP contribution in [0.5, 0.6) is 11.5 Å². The van der Waals surface area contributed by atoms with Crippen molar-refractivity contribution in [1.29, 1.82) is 0 Å². The van der Waals surface area contributed by atoms with E-state index in [1.54, 1.807) is 36.5 Å². The SMILES string of the molecule is CC(Sc1n[nH]c(C=Cc2cccs2)n1)C(=O)NC(=O)Nc1ccc2c(c1)OCCO2. The molecule has 0 saturated carbocycles. The smallest absolute Gasteiger partial charge is 0.325 e. The van der Waals surface area contributed by atoms with Gasteiger partial charge >= 0.3 is 6.03 Å². The molecule has 0 radical (unpaired) electrons. The number of rotatable bonds is 6. The summed E-state index contributed by atoms with van der Waals surface area (Å²) < 4.78 is 10.9. The molecule has 31 heavy (non-hydrogen) atoms. The number of imide groups is 1. The predicted molar refractivity (Wildman–Crippen MR) is 120 cm³/mol. The third kappa shape index (κ3) is 5.64. The van der Waals surface area contributed by atoms with Gasteiger partial charge < -0.3 is 14.8 Å². The number of urea groups is 1. The van der Waals surface area contributed by atoms with E-state index in [0.29, 0.717) is 41.4 Å². The first-order valence-corrected chi connectivity index (χ1v) is 11.1. The molecule has 1 aromatic carbocycles. The number of hydrogen-bond acceptors (Lipinski definition) is 8. The van der Waals surface area contributed by atoms with E-state index in [1.165, 1.54) is 0 Å². The van der Waals surface area contributed by atoms with Crippen LogP contribution in [0.15, 0.2) is 40.9 Å². The third-order valence-corrected chi connectivity index (χ3v) is 5.92. The minimum absolute atomic E-state index is 0.417. The summed E-state index contributed by atoms with van der Waals surface area (Å²) in [6.45, 7) is 2.61. The van der Waals surface area contributed by atoms with Crippen LogP contribution >= 0.6 is 23.1 Å². The Kier molecular flexibility index (Phi) is 6.53. The van der Waals surface area contributed by atoms with Gasteiger partial charge in [0.2, 0.25) is 11.1 Å². The molecule has 4 rings (SSSR count). The summed E-state index contributed by atoms with van der Waals surface area (Å²) in [5.41, 5.74) is 0.492. The Bertz CT molecular complexity index is 1100. The van der Waals surface area contributed by atoms with Gasteiger partial charge in [0.05, 0.1) is 5.25 Å². The highest BCUT2D eigenvalue weighted by molar-refractivity contribution is 8.00. The van der Waals surface area contributed by atoms with E-state index >= 15 is 0 Å². The van der Waals surface area contributed by atoms with E-state index in [1.807, 2.05) is 29.7 Å². The second kappa shape index (κ2) is 9.67. The Labute approximate surface area is 186 Å². The molecular weight excluding hydrogens is 438 g/mol. The number of amides is 3. The normalized spacial score (nSPS) is 13.7. The topological polar surface area (TPSA) is 118 Å². The summed E-state index contributed by atoms with van der Waals surface area (Å²) in [5, 5.41) is 13.7. The molecule has 3 N–H and O–H groups in total. The first kappa shape index (κ1) is 20.9. The van der Waals surface area contributed by atoms with Gasteiger partial charge in [0.15, 0.2) is 11.5 Å². The van der Waals surface area contributed by atoms with Crippen LogP contribution in [0.25, 0.3) is 12.2 Å². The maximum absolute atomic E-state index is 12.4. The van der Waals surface area contributed by atoms with Crippen LogP contribution in [0.3, 0.4) is 0 Å². The highest BCUT2D eigenvalue weighted by Gasteiger charge is 2.20. The lowest BCUT2D eigenvalue weighted by atomic mass is 10.2. The van der Waals surface area contributed by atoms with E-state index in [-0.39, 0.29) is 0 Å². The van der Waals surface area contributed by atoms with Crippen molar-refractivity contribution < 1.29 is 19.1 Å². The molecule has 2 aromatic heterocycles. The minimum atomic E-state index is -0.635. The second-order valence-corrected chi connectivity index (χ2v) is 8.70. The molecule has 1 aliphatic rings. The van der Waals surface area contributed by atoms with E-state index in [9.17, 15) is 9.59 Å². The maximum atomic E-state index is 12.4. The largest absolute Gasteiger partial charge is 0.486 e. The summed E-state index contributed by atoms with van der Waals surface area (Å²) in [4.78, 5) is 30.0. The van der Waals surface area contributed by atoms with Gasteiger partial charge in [-0.15, -0.1) is 16.4 Å². The summed E-state index contributed by atoms with van der Waals surface area (Å²) >= 11 is 2.77. The minimum Gasteiger partial charge on any atom is -0.486 e. The molecule has 160 valence electrons. The molecule has 0 spiro atoms. The number of H-pyrrole nitrogens is 1. The lowest BCUT2D eigenvalue weighted by Gasteiger charge is -2.19. The Balaban J connectivity index is 1.28. The summed E-state index contributed by atoms with van der Waals surface area (Å²) in [6, 6.07) is 8.36. The second-order valence-electron chi connectivity index (χ2n) is 6.41. The fraction of sp³-hybridized carbons (Fsp3) is 0.200. The van der Waals surface area contributed by atoms with Crippen LogP contribution in [0, 0.1) is 0 Å². The van der Waals surface area contributed by atoms with Gasteiger partial charge in [0.1, 0.15) is 19.0 Å². The number of aromatic nitrogens is 3. The molecule has 11 heteroatoms. The van der Waals surface area contributed by atoms with Gasteiger partial charge in [-0.05, 0) is 42.7 Å². The highest BCUT2D eigenvalue weighted by Crippen LogP contribution is 2.32. The van der Waals surface area contributed by atoms with Gasteiger partial charge in [-0.25, -0.2) is 9.78 Å². The van der Waals surface area contributed by atoms with Gasteiger partial charge in [0, 0.05) is 16.6 Å². The highest BCUT2D eigenvalue weighted by atomic mass is 32.2. The van der Waals surface area contributed by atoms with Crippen LogP contribution < -0.4 is 20.1 Å². The van der Waals surface area contributed by atoms with Crippen LogP contribution in [-0.4, -0.2) is 45.6 Å². The molecular formula is C20H19N5O4S2. The van der Waals surface area contributed by atoms with E-state index in [2.05, 4.69) is 25.8 Å². The molecule has 1 aliphatic heterocycles. The summed E-state index contributed by atoms with van der Waals surface area (Å²) in [7, 11) is 0. The van der Waals surface area contributed by atoms with Gasteiger partial charge in [0.25, 0.3) is 0 Å². The van der Waals surface area contributed by atoms with Crippen molar-refractivity contribution in [2.45, 2.75) is 17.3 Å². The molecule has 3 aromatic rings. The number of nitrogens with zero attached hydrogens (tertiary/aromatic N) is 2. The average molecular weight is 458 g/mol. The number of benzene rings is 1. The zero-order chi connectivity index (χ0) is 21.6. The van der Waals surface area contributed by atoms with E-state index in [4.69, 9.17) is 9.47 Å². The van der Waals surface area contributed by atoms with Crippen molar-refractivity contribution in [3.05, 3.63) is 46.4 Å². The fourth-order valence-electron chi connectivity index (χ4n) is 2.64. The van der Waals surface area contributed by atoms with Crippen molar-refractivity contribution in [2.75, 3.05) is 18.5 Å². The van der Waals surface area contributed by atoms with Crippen molar-refractivity contribution in [3.63, 3.8) is 0 Å². The van der Waals surface area contributed by atoms with Crippen molar-refractivity contribution in [2.24, 2.45) is 0 Å². The zero-order valence-corrected chi connectivity index (χ0v) is 18.1. The van der Waals surface area contributed by atoms with Gasteiger partial charge in [-0.3, -0.25) is 15.2 Å². The Morgan fingerprint density at radius 2 is 2.06 bits per heavy atom. The average Bonchev–Trinajstić information content (AvgIpc) is 3.44. The molecule has 9 nitrogen and oxygen atoms in total. The van der Waals surface area contributed by atoms with Crippen LogP contribution in [0.2, 0.25) is 0 Å². The number of hydrogen-bond donors (Lipinski definition) is 3. The van der Waals surface area contributed by atoms with Gasteiger partial charge in [-0.2, -0.15) is 0 Å². The van der Waals surface area contributed by atoms with Crippen LogP contribution in [-0.2, 0) is 4.79 Å². The van der Waals surface area contributed by atoms with Crippen LogP contribution in [0.4, 0.5) is 10.5 Å². The standard InChI is InChI=1S/C20H19N5O4S2/c1-12(31-20-22-17(24-25-20)7-5-14-3-2-10-30-14)18(26)23-19(27)21-13-4-6-15-16(11-13)29-9-8-28-15/h2-7,10-12H,8-9H2,1H3,(H,22,24,25)(H2,21,23,26,27). The first-order chi connectivity index (χ1) is 15.1. The molecule has 0 bridgehead atoms. The number of carbonyl (C=O) groups excluding carboxylic acids is 2.